The minimum absolute atomic E-state index is 0.217. The lowest BCUT2D eigenvalue weighted by Crippen LogP contribution is -2.12. The number of nitrogens with one attached hydrogen (secondary N) is 2. The number of hydrogen-bond donors (Lipinski definition) is 3. The topological polar surface area (TPSA) is 101 Å². The predicted molar refractivity (Wildman–Crippen MR) is 115 cm³/mol. The van der Waals surface area contributed by atoms with Crippen LogP contribution in [0.25, 0.3) is 10.8 Å². The van der Waals surface area contributed by atoms with Gasteiger partial charge in [-0.3, -0.25) is 4.79 Å². The fraction of sp³-hybridized carbons (Fsp3) is 0. The molecule has 0 saturated carbocycles. The molecule has 4 rings (SSSR count). The van der Waals surface area contributed by atoms with Crippen LogP contribution >= 0.6 is 0 Å². The summed E-state index contributed by atoms with van der Waals surface area (Å²) in [6, 6.07) is 17.9. The van der Waals surface area contributed by atoms with Gasteiger partial charge in [-0.1, -0.05) is 12.1 Å². The van der Waals surface area contributed by atoms with Gasteiger partial charge in [-0.15, -0.1) is 0 Å². The van der Waals surface area contributed by atoms with Crippen LogP contribution in [0.3, 0.4) is 0 Å². The number of anilines is 2. The Balaban J connectivity index is 1.62. The Morgan fingerprint density at radius 2 is 1.90 bits per heavy atom. The summed E-state index contributed by atoms with van der Waals surface area (Å²) in [6.45, 7) is 0. The number of carbonyl (C=O) groups excluding carboxylic acids is 1. The number of nitrogens with two attached hydrogens (primary N) is 1. The van der Waals surface area contributed by atoms with Crippen molar-refractivity contribution in [2.75, 3.05) is 11.1 Å². The molecule has 148 valence electrons. The highest BCUT2D eigenvalue weighted by atomic mass is 19.1. The molecule has 1 heterocycles. The standard InChI is InChI=1S/C23H17FN4O2/c24-16-6-4-14(5-7-16)23(29)28-20-3-1-2-15-12-17(8-9-18(15)20)30-21-10-11-27-22(26)19(21)13-25/h1-13,25H,(H2,26,27)(H,28,29). The lowest BCUT2D eigenvalue weighted by atomic mass is 10.1. The Bertz CT molecular complexity index is 1260. The number of pyridine rings is 1. The number of benzene rings is 3. The molecular weight excluding hydrogens is 383 g/mol. The van der Waals surface area contributed by atoms with Gasteiger partial charge in [0.25, 0.3) is 5.91 Å². The monoisotopic (exact) mass is 400 g/mol. The Morgan fingerprint density at radius 3 is 2.67 bits per heavy atom. The summed E-state index contributed by atoms with van der Waals surface area (Å²) < 4.78 is 19.0. The van der Waals surface area contributed by atoms with Crippen LogP contribution in [0.1, 0.15) is 15.9 Å². The van der Waals surface area contributed by atoms with Crippen molar-refractivity contribution in [2.24, 2.45) is 0 Å². The average Bonchev–Trinajstić information content (AvgIpc) is 2.74. The van der Waals surface area contributed by atoms with Gasteiger partial charge in [0.2, 0.25) is 0 Å². The fourth-order valence-electron chi connectivity index (χ4n) is 3.06. The molecule has 30 heavy (non-hydrogen) atoms. The summed E-state index contributed by atoms with van der Waals surface area (Å²) in [6.07, 6.45) is 2.61. The molecule has 0 radical (unpaired) electrons. The van der Waals surface area contributed by atoms with Crippen LogP contribution in [0, 0.1) is 11.2 Å². The Kier molecular flexibility index (Phi) is 5.09. The van der Waals surface area contributed by atoms with E-state index < -0.39 is 5.82 Å². The first-order valence-electron chi connectivity index (χ1n) is 9.07. The molecule has 0 aliphatic heterocycles. The molecule has 3 aromatic carbocycles. The third-order valence-corrected chi connectivity index (χ3v) is 4.56. The number of nitrogen functional groups attached to an aromatic ring is 1. The van der Waals surface area contributed by atoms with Gasteiger partial charge in [0.15, 0.2) is 0 Å². The normalized spacial score (nSPS) is 10.6. The maximum absolute atomic E-state index is 13.1. The molecule has 4 N–H and O–H groups in total. The number of nitrogens with zero attached hydrogens (tertiary/aromatic N) is 1. The van der Waals surface area contributed by atoms with Crippen LogP contribution in [0.2, 0.25) is 0 Å². The molecule has 6 nitrogen and oxygen atoms in total. The molecule has 4 aromatic rings. The number of ether oxygens (including phenoxy) is 1. The Labute approximate surface area is 171 Å². The molecule has 1 aromatic heterocycles. The lowest BCUT2D eigenvalue weighted by molar-refractivity contribution is 0.102. The quantitative estimate of drug-likeness (QED) is 0.410. The Hall–Kier alpha value is -4.26. The first-order valence-corrected chi connectivity index (χ1v) is 9.07. The molecule has 0 bridgehead atoms. The number of carbonyl (C=O) groups is 1. The highest BCUT2D eigenvalue weighted by Crippen LogP contribution is 2.31. The van der Waals surface area contributed by atoms with Gasteiger partial charge in [-0.05, 0) is 60.0 Å². The van der Waals surface area contributed by atoms with Gasteiger partial charge in [0.05, 0.1) is 5.56 Å². The number of amides is 1. The average molecular weight is 400 g/mol. The zero-order valence-corrected chi connectivity index (χ0v) is 15.7. The van der Waals surface area contributed by atoms with E-state index in [1.165, 1.54) is 30.5 Å². The van der Waals surface area contributed by atoms with Crippen molar-refractivity contribution in [3.05, 3.63) is 89.9 Å². The van der Waals surface area contributed by atoms with Crippen molar-refractivity contribution in [3.63, 3.8) is 0 Å². The van der Waals surface area contributed by atoms with E-state index in [-0.39, 0.29) is 11.7 Å². The number of rotatable bonds is 5. The highest BCUT2D eigenvalue weighted by molar-refractivity contribution is 6.09. The fourth-order valence-corrected chi connectivity index (χ4v) is 3.06. The molecule has 1 amide bonds. The second kappa shape index (κ2) is 8.00. The molecule has 0 atom stereocenters. The summed E-state index contributed by atoms with van der Waals surface area (Å²) in [5.41, 5.74) is 7.19. The first kappa shape index (κ1) is 19.1. The molecular formula is C23H17FN4O2. The third kappa shape index (κ3) is 3.81. The number of fused-ring (bicyclic) bond motifs is 1. The summed E-state index contributed by atoms with van der Waals surface area (Å²) >= 11 is 0. The minimum atomic E-state index is -0.397. The maximum Gasteiger partial charge on any atom is 0.255 e. The molecule has 0 aliphatic carbocycles. The predicted octanol–water partition coefficient (Wildman–Crippen LogP) is 5.00. The Morgan fingerprint density at radius 1 is 1.10 bits per heavy atom. The summed E-state index contributed by atoms with van der Waals surface area (Å²) in [4.78, 5) is 16.4. The molecule has 0 saturated heterocycles. The van der Waals surface area contributed by atoms with Crippen molar-refractivity contribution in [3.8, 4) is 11.5 Å². The van der Waals surface area contributed by atoms with Crippen LogP contribution < -0.4 is 15.8 Å². The van der Waals surface area contributed by atoms with E-state index >= 15 is 0 Å². The van der Waals surface area contributed by atoms with E-state index in [4.69, 9.17) is 15.9 Å². The summed E-state index contributed by atoms with van der Waals surface area (Å²) in [5, 5.41) is 12.0. The van der Waals surface area contributed by atoms with Gasteiger partial charge in [-0.25, -0.2) is 9.37 Å². The maximum atomic E-state index is 13.1. The van der Waals surface area contributed by atoms with Crippen molar-refractivity contribution in [1.29, 1.82) is 5.41 Å². The summed E-state index contributed by atoms with van der Waals surface area (Å²) in [5.74, 6) is 0.474. The van der Waals surface area contributed by atoms with Gasteiger partial charge in [0.1, 0.15) is 23.1 Å². The van der Waals surface area contributed by atoms with Gasteiger partial charge in [-0.2, -0.15) is 0 Å². The lowest BCUT2D eigenvalue weighted by Gasteiger charge is -2.12. The van der Waals surface area contributed by atoms with Gasteiger partial charge >= 0.3 is 0 Å². The molecule has 0 fully saturated rings. The van der Waals surface area contributed by atoms with Gasteiger partial charge < -0.3 is 21.2 Å². The SMILES string of the molecule is N=Cc1c(Oc2ccc3c(NC(=O)c4ccc(F)cc4)cccc3c2)ccnc1N. The van der Waals surface area contributed by atoms with E-state index in [1.807, 2.05) is 24.3 Å². The van der Waals surface area contributed by atoms with Crippen LogP contribution in [0.4, 0.5) is 15.9 Å². The van der Waals surface area contributed by atoms with E-state index in [9.17, 15) is 9.18 Å². The largest absolute Gasteiger partial charge is 0.456 e. The highest BCUT2D eigenvalue weighted by Gasteiger charge is 2.11. The van der Waals surface area contributed by atoms with Crippen LogP contribution in [0.15, 0.2) is 72.9 Å². The van der Waals surface area contributed by atoms with E-state index in [0.717, 1.165) is 17.0 Å². The number of hydrogen-bond acceptors (Lipinski definition) is 5. The molecule has 0 spiro atoms. The van der Waals surface area contributed by atoms with Gasteiger partial charge in [0, 0.05) is 29.0 Å². The van der Waals surface area contributed by atoms with E-state index in [2.05, 4.69) is 10.3 Å². The second-order valence-corrected chi connectivity index (χ2v) is 6.50. The number of aromatic nitrogens is 1. The zero-order valence-electron chi connectivity index (χ0n) is 15.7. The van der Waals surface area contributed by atoms with Crippen LogP contribution in [0.5, 0.6) is 11.5 Å². The molecule has 0 aliphatic rings. The zero-order chi connectivity index (χ0) is 21.1. The van der Waals surface area contributed by atoms with Crippen LogP contribution in [-0.4, -0.2) is 17.1 Å². The smallest absolute Gasteiger partial charge is 0.255 e. The van der Waals surface area contributed by atoms with E-state index in [1.54, 1.807) is 18.2 Å². The van der Waals surface area contributed by atoms with Crippen LogP contribution in [-0.2, 0) is 0 Å². The number of halogens is 1. The molecule has 0 unspecified atom stereocenters. The van der Waals surface area contributed by atoms with E-state index in [0.29, 0.717) is 28.3 Å². The first-order chi connectivity index (χ1) is 14.5. The van der Waals surface area contributed by atoms with Crippen molar-refractivity contribution in [1.82, 2.24) is 4.98 Å². The van der Waals surface area contributed by atoms with Crippen molar-refractivity contribution < 1.29 is 13.9 Å². The van der Waals surface area contributed by atoms with Crippen molar-refractivity contribution >= 4 is 34.4 Å². The second-order valence-electron chi connectivity index (χ2n) is 6.50. The molecule has 7 heteroatoms. The summed E-state index contributed by atoms with van der Waals surface area (Å²) in [7, 11) is 0. The van der Waals surface area contributed by atoms with Crippen molar-refractivity contribution in [2.45, 2.75) is 0 Å². The third-order valence-electron chi connectivity index (χ3n) is 4.56. The minimum Gasteiger partial charge on any atom is -0.456 e.